The van der Waals surface area contributed by atoms with Crippen molar-refractivity contribution in [1.29, 1.82) is 0 Å². The van der Waals surface area contributed by atoms with E-state index in [2.05, 4.69) is 35.9 Å². The first-order chi connectivity index (χ1) is 8.29. The summed E-state index contributed by atoms with van der Waals surface area (Å²) in [6, 6.07) is 0. The van der Waals surface area contributed by atoms with Crippen molar-refractivity contribution in [3.05, 3.63) is 34.9 Å². The predicted octanol–water partition coefficient (Wildman–Crippen LogP) is 3.56. The van der Waals surface area contributed by atoms with Gasteiger partial charge in [-0.1, -0.05) is 53.6 Å². The third kappa shape index (κ3) is 3.42. The second-order valence-corrected chi connectivity index (χ2v) is 6.09. The van der Waals surface area contributed by atoms with Crippen LogP contribution in [0.3, 0.4) is 0 Å². The number of alkyl halides is 1. The van der Waals surface area contributed by atoms with Crippen molar-refractivity contribution in [2.45, 2.75) is 40.2 Å². The van der Waals surface area contributed by atoms with Crippen LogP contribution in [0.5, 0.6) is 0 Å². The number of aliphatic hydroxyl groups is 1. The minimum Gasteiger partial charge on any atom is -0.385 e. The number of rotatable bonds is 3. The first-order valence-electron chi connectivity index (χ1n) is 6.14. The molecule has 1 N–H and O–H groups in total. The van der Waals surface area contributed by atoms with Crippen molar-refractivity contribution in [1.82, 2.24) is 0 Å². The third-order valence-electron chi connectivity index (χ3n) is 3.42. The summed E-state index contributed by atoms with van der Waals surface area (Å²) in [6.45, 7) is 7.96. The smallest absolute Gasteiger partial charge is 0.187 e. The van der Waals surface area contributed by atoms with Gasteiger partial charge in [-0.2, -0.15) is 0 Å². The maximum atomic E-state index is 11.8. The molecule has 18 heavy (non-hydrogen) atoms. The maximum Gasteiger partial charge on any atom is 0.187 e. The van der Waals surface area contributed by atoms with Gasteiger partial charge in [-0.25, -0.2) is 0 Å². The zero-order valence-corrected chi connectivity index (χ0v) is 13.0. The average Bonchev–Trinajstić information content (AvgIpc) is 2.25. The van der Waals surface area contributed by atoms with E-state index in [1.807, 2.05) is 19.1 Å². The Morgan fingerprint density at radius 3 is 2.72 bits per heavy atom. The maximum absolute atomic E-state index is 11.8. The molecule has 0 radical (unpaired) electrons. The average molecular weight is 313 g/mol. The van der Waals surface area contributed by atoms with Gasteiger partial charge in [-0.05, 0) is 36.8 Å². The van der Waals surface area contributed by atoms with Crippen LogP contribution in [0.2, 0.25) is 0 Å². The Bertz CT molecular complexity index is 428. The lowest BCUT2D eigenvalue weighted by Gasteiger charge is -2.34. The van der Waals surface area contributed by atoms with Gasteiger partial charge in [0.2, 0.25) is 0 Å². The Morgan fingerprint density at radius 1 is 1.56 bits per heavy atom. The minimum atomic E-state index is -0.851. The fourth-order valence-electron chi connectivity index (χ4n) is 2.33. The van der Waals surface area contributed by atoms with Crippen LogP contribution in [0.15, 0.2) is 34.9 Å². The van der Waals surface area contributed by atoms with E-state index in [9.17, 15) is 9.90 Å². The number of ketones is 1. The van der Waals surface area contributed by atoms with Gasteiger partial charge in [0.25, 0.3) is 0 Å². The lowest BCUT2D eigenvalue weighted by Crippen LogP contribution is -2.35. The summed E-state index contributed by atoms with van der Waals surface area (Å²) in [6.07, 6.45) is 5.74. The van der Waals surface area contributed by atoms with E-state index in [1.54, 1.807) is 6.92 Å². The van der Waals surface area contributed by atoms with Gasteiger partial charge in [-0.3, -0.25) is 4.79 Å². The molecule has 0 aromatic carbocycles. The summed E-state index contributed by atoms with van der Waals surface area (Å²) in [7, 11) is 0. The molecule has 1 aliphatic rings. The van der Waals surface area contributed by atoms with Crippen molar-refractivity contribution in [3.63, 3.8) is 0 Å². The van der Waals surface area contributed by atoms with Gasteiger partial charge in [0, 0.05) is 5.33 Å². The number of Topliss-reactive ketones (excluding diaryl/α,β-unsaturated/α-hetero) is 1. The van der Waals surface area contributed by atoms with Gasteiger partial charge in [0.15, 0.2) is 5.78 Å². The van der Waals surface area contributed by atoms with E-state index in [1.165, 1.54) is 0 Å². The highest BCUT2D eigenvalue weighted by atomic mass is 79.9. The molecule has 3 heteroatoms. The number of allylic oxidation sites excluding steroid dienone is 5. The molecule has 0 aromatic heterocycles. The minimum absolute atomic E-state index is 0.143. The molecule has 1 unspecified atom stereocenters. The Balaban J connectivity index is 3.11. The van der Waals surface area contributed by atoms with Gasteiger partial charge in [0.1, 0.15) is 6.10 Å². The SMILES string of the molecule is CC1=C(/C=C\C(C)=C\CBr)C(C)(C)CC(O)C1=O. The number of hydrogen-bond acceptors (Lipinski definition) is 2. The van der Waals surface area contributed by atoms with Gasteiger partial charge in [-0.15, -0.1) is 0 Å². The van der Waals surface area contributed by atoms with Crippen LogP contribution in [0.4, 0.5) is 0 Å². The molecule has 2 nitrogen and oxygen atoms in total. The quantitative estimate of drug-likeness (QED) is 0.639. The molecular formula is C15H21BrO2. The molecule has 0 heterocycles. The first-order valence-corrected chi connectivity index (χ1v) is 7.26. The highest BCUT2D eigenvalue weighted by molar-refractivity contribution is 9.09. The monoisotopic (exact) mass is 312 g/mol. The number of carbonyl (C=O) groups excluding carboxylic acids is 1. The van der Waals surface area contributed by atoms with Crippen LogP contribution >= 0.6 is 15.9 Å². The van der Waals surface area contributed by atoms with Crippen LogP contribution in [0.1, 0.15) is 34.1 Å². The third-order valence-corrected chi connectivity index (χ3v) is 3.74. The fraction of sp³-hybridized carbons (Fsp3) is 0.533. The number of carbonyl (C=O) groups is 1. The molecule has 1 atom stereocenters. The Labute approximate surface area is 118 Å². The first kappa shape index (κ1) is 15.4. The van der Waals surface area contributed by atoms with Crippen LogP contribution in [-0.2, 0) is 4.79 Å². The molecule has 0 spiro atoms. The molecule has 0 saturated carbocycles. The number of hydrogen-bond donors (Lipinski definition) is 1. The normalized spacial score (nSPS) is 25.1. The topological polar surface area (TPSA) is 37.3 Å². The van der Waals surface area contributed by atoms with Gasteiger partial charge >= 0.3 is 0 Å². The molecule has 0 fully saturated rings. The standard InChI is InChI=1S/C15H21BrO2/c1-10(7-8-16)5-6-12-11(2)14(18)13(17)9-15(12,3)4/h5-7,13,17H,8-9H2,1-4H3/b6-5-,10-7+. The van der Waals surface area contributed by atoms with Crippen molar-refractivity contribution in [2.75, 3.05) is 5.33 Å². The number of aliphatic hydroxyl groups excluding tert-OH is 1. The van der Waals surface area contributed by atoms with Crippen LogP contribution < -0.4 is 0 Å². The highest BCUT2D eigenvalue weighted by Gasteiger charge is 2.36. The second kappa shape index (κ2) is 5.98. The van der Waals surface area contributed by atoms with Crippen molar-refractivity contribution < 1.29 is 9.90 Å². The second-order valence-electron chi connectivity index (χ2n) is 5.44. The zero-order valence-electron chi connectivity index (χ0n) is 11.5. The van der Waals surface area contributed by atoms with E-state index in [0.717, 1.165) is 16.5 Å². The van der Waals surface area contributed by atoms with Gasteiger partial charge < -0.3 is 5.11 Å². The molecule has 0 aliphatic heterocycles. The molecule has 0 amide bonds. The fourth-order valence-corrected chi connectivity index (χ4v) is 2.84. The van der Waals surface area contributed by atoms with Crippen molar-refractivity contribution in [3.8, 4) is 0 Å². The molecule has 1 rings (SSSR count). The van der Waals surface area contributed by atoms with Gasteiger partial charge in [0.05, 0.1) is 0 Å². The molecule has 100 valence electrons. The molecular weight excluding hydrogens is 292 g/mol. The highest BCUT2D eigenvalue weighted by Crippen LogP contribution is 2.39. The van der Waals surface area contributed by atoms with Crippen LogP contribution in [0.25, 0.3) is 0 Å². The molecule has 0 saturated heterocycles. The largest absolute Gasteiger partial charge is 0.385 e. The van der Waals surface area contributed by atoms with E-state index in [0.29, 0.717) is 12.0 Å². The van der Waals surface area contributed by atoms with E-state index in [-0.39, 0.29) is 11.2 Å². The zero-order chi connectivity index (χ0) is 13.9. The summed E-state index contributed by atoms with van der Waals surface area (Å²) in [4.78, 5) is 11.8. The Hall–Kier alpha value is -0.670. The van der Waals surface area contributed by atoms with Crippen molar-refractivity contribution >= 4 is 21.7 Å². The van der Waals surface area contributed by atoms with Crippen LogP contribution in [-0.4, -0.2) is 22.3 Å². The number of halogens is 1. The molecule has 0 bridgehead atoms. The van der Waals surface area contributed by atoms with Crippen LogP contribution in [0, 0.1) is 5.41 Å². The molecule has 0 aromatic rings. The molecule has 1 aliphatic carbocycles. The van der Waals surface area contributed by atoms with E-state index < -0.39 is 6.10 Å². The summed E-state index contributed by atoms with van der Waals surface area (Å²) in [5, 5.41) is 10.6. The van der Waals surface area contributed by atoms with E-state index >= 15 is 0 Å². The van der Waals surface area contributed by atoms with E-state index in [4.69, 9.17) is 0 Å². The summed E-state index contributed by atoms with van der Waals surface area (Å²) in [5.41, 5.74) is 2.70. The van der Waals surface area contributed by atoms with Crippen molar-refractivity contribution in [2.24, 2.45) is 5.41 Å². The summed E-state index contributed by atoms with van der Waals surface area (Å²) < 4.78 is 0. The lowest BCUT2D eigenvalue weighted by molar-refractivity contribution is -0.125. The lowest BCUT2D eigenvalue weighted by atomic mass is 9.71. The summed E-state index contributed by atoms with van der Waals surface area (Å²) in [5.74, 6) is -0.143. The Kier molecular flexibility index (Phi) is 5.11. The Morgan fingerprint density at radius 2 is 2.17 bits per heavy atom. The predicted molar refractivity (Wildman–Crippen MR) is 78.8 cm³/mol. The summed E-state index contributed by atoms with van der Waals surface area (Å²) >= 11 is 3.36.